The minimum Gasteiger partial charge on any atom is -0.329 e. The number of thioether (sulfide) groups is 1. The smallest absolute Gasteiger partial charge is 0.0421 e. The molecule has 3 heteroatoms. The van der Waals surface area contributed by atoms with Crippen LogP contribution in [0.2, 0.25) is 0 Å². The van der Waals surface area contributed by atoms with E-state index in [-0.39, 0.29) is 5.54 Å². The first kappa shape index (κ1) is 12.9. The number of rotatable bonds is 4. The molecule has 2 nitrogen and oxygen atoms in total. The highest BCUT2D eigenvalue weighted by atomic mass is 32.2. The number of hydrogen-bond donors (Lipinski definition) is 2. The largest absolute Gasteiger partial charge is 0.329 e. The lowest BCUT2D eigenvalue weighted by molar-refractivity contribution is 0.301. The molecule has 0 saturated carbocycles. The van der Waals surface area contributed by atoms with Crippen molar-refractivity contribution in [2.24, 2.45) is 5.73 Å². The highest BCUT2D eigenvalue weighted by molar-refractivity contribution is 8.00. The third kappa shape index (κ3) is 3.41. The van der Waals surface area contributed by atoms with E-state index in [4.69, 9.17) is 5.73 Å². The molecular weight excluding hydrogens is 204 g/mol. The van der Waals surface area contributed by atoms with E-state index in [1.807, 2.05) is 18.7 Å². The second kappa shape index (κ2) is 6.42. The van der Waals surface area contributed by atoms with Crippen LogP contribution < -0.4 is 11.1 Å². The fraction of sp³-hybridized carbons (Fsp3) is 0.833. The van der Waals surface area contributed by atoms with Crippen molar-refractivity contribution in [2.75, 3.05) is 18.8 Å². The van der Waals surface area contributed by atoms with Gasteiger partial charge in [-0.1, -0.05) is 6.92 Å². The topological polar surface area (TPSA) is 38.0 Å². The maximum Gasteiger partial charge on any atom is 0.0421 e. The van der Waals surface area contributed by atoms with Gasteiger partial charge < -0.3 is 11.1 Å². The van der Waals surface area contributed by atoms with Gasteiger partial charge in [-0.2, -0.15) is 11.8 Å². The van der Waals surface area contributed by atoms with E-state index in [2.05, 4.69) is 24.1 Å². The van der Waals surface area contributed by atoms with Crippen molar-refractivity contribution in [1.29, 1.82) is 0 Å². The fourth-order valence-corrected chi connectivity index (χ4v) is 3.36. The van der Waals surface area contributed by atoms with Gasteiger partial charge in [0.05, 0.1) is 0 Å². The predicted molar refractivity (Wildman–Crippen MR) is 69.0 cm³/mol. The Morgan fingerprint density at radius 2 is 2.40 bits per heavy atom. The van der Waals surface area contributed by atoms with Gasteiger partial charge in [0.1, 0.15) is 0 Å². The monoisotopic (exact) mass is 226 g/mol. The van der Waals surface area contributed by atoms with Gasteiger partial charge in [-0.15, -0.1) is 11.8 Å². The van der Waals surface area contributed by atoms with Gasteiger partial charge in [0.15, 0.2) is 0 Å². The van der Waals surface area contributed by atoms with Crippen molar-refractivity contribution in [2.45, 2.75) is 43.9 Å². The molecule has 0 aromatic heterocycles. The summed E-state index contributed by atoms with van der Waals surface area (Å²) in [4.78, 5) is 0. The summed E-state index contributed by atoms with van der Waals surface area (Å²) < 4.78 is 0. The van der Waals surface area contributed by atoms with Crippen molar-refractivity contribution >= 4 is 11.8 Å². The molecule has 1 aliphatic rings. The van der Waals surface area contributed by atoms with E-state index in [1.165, 1.54) is 18.6 Å². The van der Waals surface area contributed by atoms with Gasteiger partial charge in [-0.05, 0) is 25.5 Å². The maximum absolute atomic E-state index is 5.93. The van der Waals surface area contributed by atoms with Crippen molar-refractivity contribution in [1.82, 2.24) is 5.32 Å². The quantitative estimate of drug-likeness (QED) is 0.565. The molecule has 0 bridgehead atoms. The lowest BCUT2D eigenvalue weighted by Gasteiger charge is -2.42. The maximum atomic E-state index is 5.93. The zero-order chi connectivity index (χ0) is 11.1. The standard InChI is InChI=1S/C12H22N2S/c1-3-4-5-8-14-12(10-13)7-6-9-15-11(12)2/h11,14H,5-10,13H2,1-2H3. The SMILES string of the molecule is CC#CCCNC1(CN)CCCSC1C. The lowest BCUT2D eigenvalue weighted by Crippen LogP contribution is -2.59. The Balaban J connectivity index is 2.45. The Morgan fingerprint density at radius 3 is 3.00 bits per heavy atom. The third-order valence-electron chi connectivity index (χ3n) is 3.18. The van der Waals surface area contributed by atoms with Crippen molar-refractivity contribution < 1.29 is 0 Å². The molecule has 1 saturated heterocycles. The Hall–Kier alpha value is -0.170. The van der Waals surface area contributed by atoms with E-state index in [0.717, 1.165) is 19.5 Å². The molecule has 0 radical (unpaired) electrons. The number of nitrogens with two attached hydrogens (primary N) is 1. The summed E-state index contributed by atoms with van der Waals surface area (Å²) in [6.45, 7) is 5.87. The Labute approximate surface area is 97.8 Å². The average Bonchev–Trinajstić information content (AvgIpc) is 2.27. The molecule has 2 unspecified atom stereocenters. The molecule has 0 amide bonds. The molecule has 0 aliphatic carbocycles. The van der Waals surface area contributed by atoms with Gasteiger partial charge in [-0.3, -0.25) is 0 Å². The van der Waals surface area contributed by atoms with E-state index in [0.29, 0.717) is 5.25 Å². The first-order chi connectivity index (χ1) is 7.25. The highest BCUT2D eigenvalue weighted by Crippen LogP contribution is 2.33. The van der Waals surface area contributed by atoms with Crippen LogP contribution in [-0.2, 0) is 0 Å². The predicted octanol–water partition coefficient (Wildman–Crippen LogP) is 1.60. The number of hydrogen-bond acceptors (Lipinski definition) is 3. The molecule has 3 N–H and O–H groups in total. The summed E-state index contributed by atoms with van der Waals surface area (Å²) in [6.07, 6.45) is 3.41. The Bertz CT molecular complexity index is 244. The molecule has 1 fully saturated rings. The molecule has 15 heavy (non-hydrogen) atoms. The van der Waals surface area contributed by atoms with Crippen molar-refractivity contribution in [3.05, 3.63) is 0 Å². The molecule has 2 atom stereocenters. The molecule has 0 spiro atoms. The van der Waals surface area contributed by atoms with Gasteiger partial charge in [0.2, 0.25) is 0 Å². The molecule has 1 heterocycles. The zero-order valence-corrected chi connectivity index (χ0v) is 10.6. The minimum absolute atomic E-state index is 0.151. The molecule has 0 aromatic carbocycles. The van der Waals surface area contributed by atoms with Gasteiger partial charge >= 0.3 is 0 Å². The molecular formula is C12H22N2S. The van der Waals surface area contributed by atoms with Crippen LogP contribution in [-0.4, -0.2) is 29.6 Å². The summed E-state index contributed by atoms with van der Waals surface area (Å²) >= 11 is 2.03. The van der Waals surface area contributed by atoms with Crippen LogP contribution in [0.1, 0.15) is 33.1 Å². The van der Waals surface area contributed by atoms with E-state index in [1.54, 1.807) is 0 Å². The minimum atomic E-state index is 0.151. The van der Waals surface area contributed by atoms with Crippen molar-refractivity contribution in [3.8, 4) is 11.8 Å². The fourth-order valence-electron chi connectivity index (χ4n) is 2.08. The molecule has 0 aromatic rings. The first-order valence-corrected chi connectivity index (χ1v) is 6.76. The normalized spacial score (nSPS) is 30.7. The highest BCUT2D eigenvalue weighted by Gasteiger charge is 2.36. The second-order valence-electron chi connectivity index (χ2n) is 4.08. The number of nitrogens with one attached hydrogen (secondary N) is 1. The summed E-state index contributed by atoms with van der Waals surface area (Å²) in [5, 5.41) is 4.24. The Kier molecular flexibility index (Phi) is 5.52. The van der Waals surface area contributed by atoms with Crippen LogP contribution in [0.5, 0.6) is 0 Å². The van der Waals surface area contributed by atoms with Crippen LogP contribution >= 0.6 is 11.8 Å². The van der Waals surface area contributed by atoms with Crippen LogP contribution in [0.3, 0.4) is 0 Å². The lowest BCUT2D eigenvalue weighted by atomic mass is 9.89. The zero-order valence-electron chi connectivity index (χ0n) is 9.81. The van der Waals surface area contributed by atoms with Crippen LogP contribution in [0.4, 0.5) is 0 Å². The summed E-state index contributed by atoms with van der Waals surface area (Å²) in [5.74, 6) is 7.28. The first-order valence-electron chi connectivity index (χ1n) is 5.71. The summed E-state index contributed by atoms with van der Waals surface area (Å²) in [7, 11) is 0. The van der Waals surface area contributed by atoms with E-state index < -0.39 is 0 Å². The third-order valence-corrected chi connectivity index (χ3v) is 4.66. The van der Waals surface area contributed by atoms with Gasteiger partial charge in [0.25, 0.3) is 0 Å². The van der Waals surface area contributed by atoms with E-state index >= 15 is 0 Å². The van der Waals surface area contributed by atoms with Crippen LogP contribution in [0.25, 0.3) is 0 Å². The van der Waals surface area contributed by atoms with Gasteiger partial charge in [0, 0.05) is 30.3 Å². The second-order valence-corrected chi connectivity index (χ2v) is 5.53. The van der Waals surface area contributed by atoms with Gasteiger partial charge in [-0.25, -0.2) is 0 Å². The van der Waals surface area contributed by atoms with Crippen LogP contribution in [0, 0.1) is 11.8 Å². The Morgan fingerprint density at radius 1 is 1.60 bits per heavy atom. The molecule has 86 valence electrons. The average molecular weight is 226 g/mol. The summed E-state index contributed by atoms with van der Waals surface area (Å²) in [5.41, 5.74) is 6.08. The van der Waals surface area contributed by atoms with Crippen LogP contribution in [0.15, 0.2) is 0 Å². The van der Waals surface area contributed by atoms with Crippen molar-refractivity contribution in [3.63, 3.8) is 0 Å². The molecule has 1 rings (SSSR count). The van der Waals surface area contributed by atoms with E-state index in [9.17, 15) is 0 Å². The summed E-state index contributed by atoms with van der Waals surface area (Å²) in [6, 6.07) is 0. The molecule has 1 aliphatic heterocycles.